The Kier molecular flexibility index (Phi) is 10.7. The zero-order chi connectivity index (χ0) is 33.2. The van der Waals surface area contributed by atoms with E-state index in [9.17, 15) is 24.4 Å². The van der Waals surface area contributed by atoms with E-state index in [1.807, 2.05) is 19.0 Å². The second-order valence-corrected chi connectivity index (χ2v) is 13.2. The smallest absolute Gasteiger partial charge is 0.394 e. The van der Waals surface area contributed by atoms with Crippen LogP contribution in [0.15, 0.2) is 28.3 Å². The number of hydrogen-bond donors (Lipinski definition) is 6. The highest BCUT2D eigenvalue weighted by Crippen LogP contribution is 2.49. The molecule has 3 aliphatic rings. The van der Waals surface area contributed by atoms with E-state index in [0.29, 0.717) is 13.0 Å². The van der Waals surface area contributed by atoms with Crippen LogP contribution in [0.4, 0.5) is 5.95 Å². The van der Waals surface area contributed by atoms with Crippen LogP contribution >= 0.6 is 7.75 Å². The van der Waals surface area contributed by atoms with Gasteiger partial charge in [-0.15, -0.1) is 0 Å². The highest BCUT2D eigenvalue weighted by molar-refractivity contribution is 7.51. The van der Waals surface area contributed by atoms with Crippen LogP contribution in [0, 0.1) is 5.92 Å². The van der Waals surface area contributed by atoms with Gasteiger partial charge in [0.1, 0.15) is 48.7 Å². The van der Waals surface area contributed by atoms with Crippen LogP contribution in [0.5, 0.6) is 0 Å². The zero-order valence-corrected chi connectivity index (χ0v) is 26.5. The van der Waals surface area contributed by atoms with Crippen LogP contribution in [-0.4, -0.2) is 131 Å². The average Bonchev–Trinajstić information content (AvgIpc) is 3.69. The normalized spacial score (nSPS) is 31.2. The molecule has 0 bridgehead atoms. The first kappa shape index (κ1) is 34.2. The predicted molar refractivity (Wildman–Crippen MR) is 163 cm³/mol. The van der Waals surface area contributed by atoms with Crippen molar-refractivity contribution in [2.75, 3.05) is 53.2 Å². The summed E-state index contributed by atoms with van der Waals surface area (Å²) in [4.78, 5) is 41.2. The molecule has 46 heavy (non-hydrogen) atoms. The summed E-state index contributed by atoms with van der Waals surface area (Å²) in [6, 6.07) is 0. The standard InChI is InChI=1S/C26H40N9O10P/c1-34(2)8-4-7-30-46(40,42-11-16-20(37)22(41-3)21(44-16)13-5-6-17(27)31-24(13)38)45-14-9-18(43-15(14)10-36)35-12-29-19-23(35)32-26(28)33-25(19)39/h5-6,12-16,18,20-22,36-37H,4,7-11H2,1-3H3,(H,30,40)(H2,27,31,38)(H3,28,32,33,39)/t13?,14?,15-,16-,18-,20?,21-,22+,46?/m1/s1. The largest absolute Gasteiger partial charge is 0.405 e. The lowest BCUT2D eigenvalue weighted by Gasteiger charge is -2.26. The third kappa shape index (κ3) is 7.38. The molecule has 2 aromatic heterocycles. The van der Waals surface area contributed by atoms with Gasteiger partial charge in [0.05, 0.1) is 25.5 Å². The number of aliphatic hydroxyl groups is 2. The Morgan fingerprint density at radius 3 is 2.74 bits per heavy atom. The van der Waals surface area contributed by atoms with Gasteiger partial charge in [0.15, 0.2) is 11.2 Å². The third-order valence-electron chi connectivity index (χ3n) is 7.89. The second-order valence-electron chi connectivity index (χ2n) is 11.4. The number of aromatic nitrogens is 4. The molecular weight excluding hydrogens is 629 g/mol. The summed E-state index contributed by atoms with van der Waals surface area (Å²) in [7, 11) is 1.02. The van der Waals surface area contributed by atoms with Crippen LogP contribution < -0.4 is 22.1 Å². The molecule has 1 amide bonds. The van der Waals surface area contributed by atoms with E-state index in [2.05, 4.69) is 25.0 Å². The van der Waals surface area contributed by atoms with Crippen LogP contribution in [0.2, 0.25) is 0 Å². The van der Waals surface area contributed by atoms with Gasteiger partial charge in [-0.25, -0.2) is 14.6 Å². The van der Waals surface area contributed by atoms with Gasteiger partial charge in [-0.2, -0.15) is 9.98 Å². The number of H-pyrrole nitrogens is 1. The summed E-state index contributed by atoms with van der Waals surface area (Å²) in [5.74, 6) is -1.46. The fraction of sp³-hybridized carbons (Fsp3) is 0.654. The number of anilines is 1. The number of nitrogens with one attached hydrogen (secondary N) is 2. The molecule has 4 unspecified atom stereocenters. The number of imidazole rings is 1. The Balaban J connectivity index is 1.31. The molecule has 5 heterocycles. The maximum atomic E-state index is 14.2. The molecule has 2 saturated heterocycles. The van der Waals surface area contributed by atoms with Crippen molar-refractivity contribution < 1.29 is 42.8 Å². The number of hydrogen-bond acceptors (Lipinski definition) is 15. The summed E-state index contributed by atoms with van der Waals surface area (Å²) in [6.45, 7) is 0.0423. The number of rotatable bonds is 14. The molecule has 2 fully saturated rings. The third-order valence-corrected chi connectivity index (χ3v) is 9.54. The number of nitrogens with zero attached hydrogens (tertiary/aromatic N) is 5. The Morgan fingerprint density at radius 1 is 1.26 bits per heavy atom. The predicted octanol–water partition coefficient (Wildman–Crippen LogP) is -1.75. The van der Waals surface area contributed by atoms with E-state index in [-0.39, 0.29) is 35.9 Å². The first-order chi connectivity index (χ1) is 21.9. The number of ether oxygens (including phenoxy) is 3. The summed E-state index contributed by atoms with van der Waals surface area (Å²) in [5, 5.41) is 24.0. The van der Waals surface area contributed by atoms with E-state index in [4.69, 9.17) is 34.7 Å². The Hall–Kier alpha value is -3.10. The molecule has 2 aromatic rings. The van der Waals surface area contributed by atoms with Crippen molar-refractivity contribution in [2.45, 2.75) is 55.7 Å². The van der Waals surface area contributed by atoms with Gasteiger partial charge in [-0.05, 0) is 33.1 Å². The Morgan fingerprint density at radius 2 is 2.04 bits per heavy atom. The molecule has 3 aliphatic heterocycles. The fourth-order valence-electron chi connectivity index (χ4n) is 5.61. The number of nitrogen functional groups attached to an aromatic ring is 1. The van der Waals surface area contributed by atoms with Gasteiger partial charge < -0.3 is 40.8 Å². The Bertz CT molecular complexity index is 1560. The molecule has 0 saturated carbocycles. The van der Waals surface area contributed by atoms with Gasteiger partial charge in [0, 0.05) is 20.1 Å². The number of amides is 1. The summed E-state index contributed by atoms with van der Waals surface area (Å²) >= 11 is 0. The molecule has 20 heteroatoms. The maximum absolute atomic E-state index is 14.2. The van der Waals surface area contributed by atoms with E-state index in [1.165, 1.54) is 30.2 Å². The quantitative estimate of drug-likeness (QED) is 0.0961. The zero-order valence-electron chi connectivity index (χ0n) is 25.6. The van der Waals surface area contributed by atoms with Gasteiger partial charge >= 0.3 is 7.75 Å². The minimum absolute atomic E-state index is 0.0442. The molecule has 5 rings (SSSR count). The molecule has 254 valence electrons. The molecule has 0 aliphatic carbocycles. The minimum atomic E-state index is -4.15. The van der Waals surface area contributed by atoms with Crippen molar-refractivity contribution in [3.63, 3.8) is 0 Å². The van der Waals surface area contributed by atoms with Crippen LogP contribution in [0.3, 0.4) is 0 Å². The first-order valence-electron chi connectivity index (χ1n) is 14.7. The van der Waals surface area contributed by atoms with Crippen LogP contribution in [0.25, 0.3) is 11.2 Å². The number of aliphatic hydroxyl groups excluding tert-OH is 2. The highest BCUT2D eigenvalue weighted by atomic mass is 31.2. The second kappa shape index (κ2) is 14.3. The molecule has 0 aromatic carbocycles. The van der Waals surface area contributed by atoms with Crippen LogP contribution in [-0.2, 0) is 32.6 Å². The van der Waals surface area contributed by atoms with E-state index < -0.39 is 81.2 Å². The van der Waals surface area contributed by atoms with Crippen molar-refractivity contribution in [2.24, 2.45) is 16.6 Å². The van der Waals surface area contributed by atoms with Gasteiger partial charge in [-0.1, -0.05) is 6.08 Å². The maximum Gasteiger partial charge on any atom is 0.405 e. The van der Waals surface area contributed by atoms with Crippen molar-refractivity contribution in [1.82, 2.24) is 29.5 Å². The molecule has 19 nitrogen and oxygen atoms in total. The monoisotopic (exact) mass is 669 g/mol. The number of aromatic amines is 1. The molecule has 0 spiro atoms. The molecule has 8 N–H and O–H groups in total. The summed E-state index contributed by atoms with van der Waals surface area (Å²) < 4.78 is 45.0. The first-order valence-corrected chi connectivity index (χ1v) is 16.2. The lowest BCUT2D eigenvalue weighted by Crippen LogP contribution is -2.41. The average molecular weight is 670 g/mol. The molecule has 9 atom stereocenters. The van der Waals surface area contributed by atoms with E-state index in [1.54, 1.807) is 0 Å². The molecular formula is C26H40N9O10P. The minimum Gasteiger partial charge on any atom is -0.394 e. The van der Waals surface area contributed by atoms with Crippen LogP contribution in [0.1, 0.15) is 19.1 Å². The van der Waals surface area contributed by atoms with Gasteiger partial charge in [0.2, 0.25) is 5.95 Å². The van der Waals surface area contributed by atoms with Crippen molar-refractivity contribution in [3.8, 4) is 0 Å². The van der Waals surface area contributed by atoms with Crippen molar-refractivity contribution >= 4 is 36.6 Å². The van der Waals surface area contributed by atoms with Gasteiger partial charge in [-0.3, -0.25) is 28.2 Å². The van der Waals surface area contributed by atoms with E-state index in [0.717, 1.165) is 0 Å². The summed E-state index contributed by atoms with van der Waals surface area (Å²) in [5.41, 5.74) is 11.0. The van der Waals surface area contributed by atoms with Crippen molar-refractivity contribution in [1.29, 1.82) is 0 Å². The Labute approximate surface area is 263 Å². The summed E-state index contributed by atoms with van der Waals surface area (Å²) in [6.07, 6.45) is -1.77. The number of dihydropyridines is 1. The number of amidine groups is 1. The molecule has 0 radical (unpaired) electrons. The number of methoxy groups -OCH3 is 1. The number of fused-ring (bicyclic) bond motifs is 1. The highest BCUT2D eigenvalue weighted by Gasteiger charge is 2.50. The number of aliphatic imine (C=N–C) groups is 1. The lowest BCUT2D eigenvalue weighted by atomic mass is 9.93. The van der Waals surface area contributed by atoms with Crippen molar-refractivity contribution in [3.05, 3.63) is 28.8 Å². The van der Waals surface area contributed by atoms with Gasteiger partial charge in [0.25, 0.3) is 11.5 Å². The lowest BCUT2D eigenvalue weighted by molar-refractivity contribution is -0.127. The fourth-order valence-corrected chi connectivity index (χ4v) is 7.19. The topological polar surface area (TPSA) is 264 Å². The van der Waals surface area contributed by atoms with E-state index >= 15 is 0 Å². The number of nitrogens with two attached hydrogens (primary N) is 2. The number of carbonyl (C=O) groups excluding carboxylic acids is 1. The number of carbonyl (C=O) groups is 1. The SMILES string of the molecule is CO[C@H]1C(O)[C@@H](COP(=O)(NCCCN(C)C)OC2C[C@H](n3cnc4c(=O)[nH]c(N)nc43)O[C@@H]2CO)O[C@@H]1C1C=CC(N)=NC1=O.